The molecule has 0 saturated heterocycles. The molecule has 17 heavy (non-hydrogen) atoms. The SMILES string of the molecule is COc1ccc(Cl)cc1-c1nc(C)sc1CN. The predicted octanol–water partition coefficient (Wildman–Crippen LogP) is 3.24. The molecular formula is C12H13ClN2OS. The van der Waals surface area contributed by atoms with E-state index in [2.05, 4.69) is 4.98 Å². The molecule has 1 heterocycles. The van der Waals surface area contributed by atoms with Crippen LogP contribution in [0, 0.1) is 6.92 Å². The first-order valence-electron chi connectivity index (χ1n) is 5.16. The van der Waals surface area contributed by atoms with Crippen LogP contribution < -0.4 is 10.5 Å². The Balaban J connectivity index is 2.61. The monoisotopic (exact) mass is 268 g/mol. The van der Waals surface area contributed by atoms with E-state index in [-0.39, 0.29) is 0 Å². The van der Waals surface area contributed by atoms with Crippen LogP contribution in [-0.4, -0.2) is 12.1 Å². The second-order valence-corrected chi connectivity index (χ2v) is 5.28. The molecule has 0 amide bonds. The lowest BCUT2D eigenvalue weighted by molar-refractivity contribution is 0.416. The first kappa shape index (κ1) is 12.4. The summed E-state index contributed by atoms with van der Waals surface area (Å²) in [5.74, 6) is 0.759. The highest BCUT2D eigenvalue weighted by molar-refractivity contribution is 7.12. The number of ether oxygens (including phenoxy) is 1. The molecule has 0 radical (unpaired) electrons. The topological polar surface area (TPSA) is 48.1 Å². The minimum Gasteiger partial charge on any atom is -0.496 e. The first-order chi connectivity index (χ1) is 8.15. The molecule has 0 atom stereocenters. The summed E-state index contributed by atoms with van der Waals surface area (Å²) in [4.78, 5) is 5.55. The minimum absolute atomic E-state index is 0.469. The van der Waals surface area contributed by atoms with Crippen LogP contribution in [0.3, 0.4) is 0 Å². The number of benzene rings is 1. The summed E-state index contributed by atoms with van der Waals surface area (Å²) in [7, 11) is 1.63. The van der Waals surface area contributed by atoms with Gasteiger partial charge >= 0.3 is 0 Å². The highest BCUT2D eigenvalue weighted by Gasteiger charge is 2.14. The third-order valence-corrected chi connectivity index (χ3v) is 3.63. The van der Waals surface area contributed by atoms with Gasteiger partial charge < -0.3 is 10.5 Å². The van der Waals surface area contributed by atoms with Gasteiger partial charge in [-0.1, -0.05) is 11.6 Å². The smallest absolute Gasteiger partial charge is 0.128 e. The van der Waals surface area contributed by atoms with E-state index >= 15 is 0 Å². The largest absolute Gasteiger partial charge is 0.496 e. The molecule has 2 rings (SSSR count). The van der Waals surface area contributed by atoms with Crippen molar-refractivity contribution in [3.8, 4) is 17.0 Å². The van der Waals surface area contributed by atoms with Crippen molar-refractivity contribution < 1.29 is 4.74 Å². The standard InChI is InChI=1S/C12H13ClN2OS/c1-7-15-12(11(6-14)17-7)9-5-8(13)3-4-10(9)16-2/h3-5H,6,14H2,1-2H3. The molecule has 90 valence electrons. The third kappa shape index (κ3) is 2.44. The Labute approximate surface area is 109 Å². The maximum Gasteiger partial charge on any atom is 0.128 e. The van der Waals surface area contributed by atoms with Gasteiger partial charge in [0, 0.05) is 22.0 Å². The molecule has 0 fully saturated rings. The van der Waals surface area contributed by atoms with Crippen LogP contribution in [0.5, 0.6) is 5.75 Å². The fourth-order valence-corrected chi connectivity index (χ4v) is 2.68. The highest BCUT2D eigenvalue weighted by atomic mass is 35.5. The number of hydrogen-bond acceptors (Lipinski definition) is 4. The Bertz CT molecular complexity index is 539. The molecule has 1 aromatic heterocycles. The van der Waals surface area contributed by atoms with E-state index in [1.54, 1.807) is 24.5 Å². The molecule has 0 aliphatic carbocycles. The number of halogens is 1. The van der Waals surface area contributed by atoms with Gasteiger partial charge in [0.25, 0.3) is 0 Å². The minimum atomic E-state index is 0.469. The fourth-order valence-electron chi connectivity index (χ4n) is 1.68. The van der Waals surface area contributed by atoms with Crippen molar-refractivity contribution in [2.75, 3.05) is 7.11 Å². The highest BCUT2D eigenvalue weighted by Crippen LogP contribution is 2.35. The van der Waals surface area contributed by atoms with E-state index in [0.717, 1.165) is 26.9 Å². The Kier molecular flexibility index (Phi) is 3.66. The van der Waals surface area contributed by atoms with Crippen molar-refractivity contribution in [3.63, 3.8) is 0 Å². The predicted molar refractivity (Wildman–Crippen MR) is 71.7 cm³/mol. The van der Waals surface area contributed by atoms with Gasteiger partial charge in [-0.2, -0.15) is 0 Å². The number of nitrogens with zero attached hydrogens (tertiary/aromatic N) is 1. The maximum atomic E-state index is 6.01. The summed E-state index contributed by atoms with van der Waals surface area (Å²) < 4.78 is 5.33. The Morgan fingerprint density at radius 3 is 2.88 bits per heavy atom. The zero-order chi connectivity index (χ0) is 12.4. The summed E-state index contributed by atoms with van der Waals surface area (Å²) in [5.41, 5.74) is 7.49. The van der Waals surface area contributed by atoms with Gasteiger partial charge in [0.2, 0.25) is 0 Å². The molecule has 0 aliphatic rings. The lowest BCUT2D eigenvalue weighted by atomic mass is 10.1. The molecule has 2 aromatic rings. The quantitative estimate of drug-likeness (QED) is 0.930. The van der Waals surface area contributed by atoms with Gasteiger partial charge in [0.05, 0.1) is 17.8 Å². The maximum absolute atomic E-state index is 6.01. The Hall–Kier alpha value is -1.10. The van der Waals surface area contributed by atoms with E-state index in [4.69, 9.17) is 22.1 Å². The van der Waals surface area contributed by atoms with Gasteiger partial charge in [0.1, 0.15) is 5.75 Å². The molecule has 3 nitrogen and oxygen atoms in total. The second kappa shape index (κ2) is 5.04. The number of aryl methyl sites for hydroxylation is 1. The van der Waals surface area contributed by atoms with Crippen LogP contribution in [0.2, 0.25) is 5.02 Å². The van der Waals surface area contributed by atoms with Crippen molar-refractivity contribution >= 4 is 22.9 Å². The normalized spacial score (nSPS) is 10.6. The van der Waals surface area contributed by atoms with Crippen LogP contribution in [0.15, 0.2) is 18.2 Å². The van der Waals surface area contributed by atoms with Crippen LogP contribution in [-0.2, 0) is 6.54 Å². The lowest BCUT2D eigenvalue weighted by Crippen LogP contribution is -1.97. The van der Waals surface area contributed by atoms with Crippen LogP contribution in [0.1, 0.15) is 9.88 Å². The van der Waals surface area contributed by atoms with Gasteiger partial charge in [0.15, 0.2) is 0 Å². The molecule has 1 aromatic carbocycles. The van der Waals surface area contributed by atoms with Gasteiger partial charge in [-0.15, -0.1) is 11.3 Å². The molecule has 2 N–H and O–H groups in total. The summed E-state index contributed by atoms with van der Waals surface area (Å²) in [6.45, 7) is 2.43. The van der Waals surface area contributed by atoms with Crippen molar-refractivity contribution in [1.29, 1.82) is 0 Å². The number of thiazole rings is 1. The van der Waals surface area contributed by atoms with E-state index in [1.165, 1.54) is 0 Å². The van der Waals surface area contributed by atoms with Gasteiger partial charge in [-0.05, 0) is 25.1 Å². The molecule has 0 saturated carbocycles. The number of nitrogens with two attached hydrogens (primary N) is 1. The summed E-state index contributed by atoms with van der Waals surface area (Å²) in [6, 6.07) is 5.49. The lowest BCUT2D eigenvalue weighted by Gasteiger charge is -2.08. The van der Waals surface area contributed by atoms with E-state index < -0.39 is 0 Å². The Morgan fingerprint density at radius 1 is 1.47 bits per heavy atom. The summed E-state index contributed by atoms with van der Waals surface area (Å²) in [5, 5.41) is 1.65. The first-order valence-corrected chi connectivity index (χ1v) is 6.35. The summed E-state index contributed by atoms with van der Waals surface area (Å²) >= 11 is 7.61. The molecular weight excluding hydrogens is 256 g/mol. The summed E-state index contributed by atoms with van der Waals surface area (Å²) in [6.07, 6.45) is 0. The second-order valence-electron chi connectivity index (χ2n) is 3.55. The number of hydrogen-bond donors (Lipinski definition) is 1. The van der Waals surface area contributed by atoms with Crippen LogP contribution in [0.25, 0.3) is 11.3 Å². The fraction of sp³-hybridized carbons (Fsp3) is 0.250. The Morgan fingerprint density at radius 2 is 2.24 bits per heavy atom. The van der Waals surface area contributed by atoms with E-state index in [0.29, 0.717) is 11.6 Å². The van der Waals surface area contributed by atoms with Gasteiger partial charge in [-0.25, -0.2) is 4.98 Å². The average molecular weight is 269 g/mol. The number of methoxy groups -OCH3 is 1. The molecule has 0 spiro atoms. The third-order valence-electron chi connectivity index (χ3n) is 2.41. The van der Waals surface area contributed by atoms with E-state index in [1.807, 2.05) is 19.1 Å². The van der Waals surface area contributed by atoms with Crippen molar-refractivity contribution in [3.05, 3.63) is 33.1 Å². The van der Waals surface area contributed by atoms with Crippen LogP contribution >= 0.6 is 22.9 Å². The number of rotatable bonds is 3. The molecule has 0 unspecified atom stereocenters. The molecule has 5 heteroatoms. The van der Waals surface area contributed by atoms with Gasteiger partial charge in [-0.3, -0.25) is 0 Å². The molecule has 0 bridgehead atoms. The molecule has 0 aliphatic heterocycles. The van der Waals surface area contributed by atoms with E-state index in [9.17, 15) is 0 Å². The zero-order valence-corrected chi connectivity index (χ0v) is 11.2. The van der Waals surface area contributed by atoms with Crippen molar-refractivity contribution in [2.45, 2.75) is 13.5 Å². The number of aromatic nitrogens is 1. The average Bonchev–Trinajstić information content (AvgIpc) is 2.70. The van der Waals surface area contributed by atoms with Crippen LogP contribution in [0.4, 0.5) is 0 Å². The zero-order valence-electron chi connectivity index (χ0n) is 9.66. The van der Waals surface area contributed by atoms with Crippen molar-refractivity contribution in [1.82, 2.24) is 4.98 Å². The van der Waals surface area contributed by atoms with Crippen molar-refractivity contribution in [2.24, 2.45) is 5.73 Å².